The number of anilines is 1. The average Bonchev–Trinajstić information content (AvgIpc) is 2.53. The third-order valence-electron chi connectivity index (χ3n) is 2.82. The molecule has 0 aliphatic rings. The molecule has 0 aliphatic heterocycles. The number of para-hydroxylation sites is 1. The molecular formula is C16H12BrN3O2. The highest BCUT2D eigenvalue weighted by Crippen LogP contribution is 2.13. The summed E-state index contributed by atoms with van der Waals surface area (Å²) < 4.78 is 0.785. The summed E-state index contributed by atoms with van der Waals surface area (Å²) in [5, 5.41) is 14.1. The summed E-state index contributed by atoms with van der Waals surface area (Å²) >= 11 is 3.28. The Morgan fingerprint density at radius 3 is 2.64 bits per heavy atom. The van der Waals surface area contributed by atoms with E-state index < -0.39 is 5.91 Å². The van der Waals surface area contributed by atoms with Gasteiger partial charge >= 0.3 is 0 Å². The number of nitriles is 1. The first-order valence-electron chi connectivity index (χ1n) is 6.43. The zero-order valence-electron chi connectivity index (χ0n) is 11.5. The minimum Gasteiger partial charge on any atom is -0.343 e. The van der Waals surface area contributed by atoms with Crippen molar-refractivity contribution in [1.82, 2.24) is 5.32 Å². The molecule has 0 atom stereocenters. The fourth-order valence-corrected chi connectivity index (χ4v) is 2.18. The van der Waals surface area contributed by atoms with E-state index in [9.17, 15) is 9.59 Å². The first-order chi connectivity index (χ1) is 10.6. The van der Waals surface area contributed by atoms with Crippen LogP contribution in [-0.2, 0) is 4.79 Å². The Morgan fingerprint density at radius 1 is 1.14 bits per heavy atom. The molecule has 6 heteroatoms. The number of nitrogens with zero attached hydrogens (tertiary/aromatic N) is 1. The number of carbonyl (C=O) groups excluding carboxylic acids is 2. The van der Waals surface area contributed by atoms with Gasteiger partial charge in [-0.2, -0.15) is 5.26 Å². The molecule has 2 aromatic rings. The molecule has 0 radical (unpaired) electrons. The van der Waals surface area contributed by atoms with E-state index in [1.807, 2.05) is 12.1 Å². The molecule has 0 unspecified atom stereocenters. The van der Waals surface area contributed by atoms with Gasteiger partial charge in [-0.05, 0) is 30.3 Å². The standard InChI is InChI=1S/C16H12BrN3O2/c17-13-6-3-5-11(8-13)16(22)19-10-15(21)20-14-7-2-1-4-12(14)9-18/h1-8H,10H2,(H,19,22)(H,20,21). The van der Waals surface area contributed by atoms with Crippen LogP contribution >= 0.6 is 15.9 Å². The molecular weight excluding hydrogens is 346 g/mol. The van der Waals surface area contributed by atoms with Gasteiger partial charge in [0, 0.05) is 10.0 Å². The van der Waals surface area contributed by atoms with Gasteiger partial charge in [0.15, 0.2) is 0 Å². The Balaban J connectivity index is 1.93. The van der Waals surface area contributed by atoms with Crippen molar-refractivity contribution in [2.45, 2.75) is 0 Å². The minimum absolute atomic E-state index is 0.175. The highest BCUT2D eigenvalue weighted by molar-refractivity contribution is 9.10. The second kappa shape index (κ2) is 7.38. The summed E-state index contributed by atoms with van der Waals surface area (Å²) in [6.07, 6.45) is 0. The van der Waals surface area contributed by atoms with Gasteiger partial charge in [-0.25, -0.2) is 0 Å². The van der Waals surface area contributed by atoms with E-state index in [2.05, 4.69) is 26.6 Å². The van der Waals surface area contributed by atoms with Gasteiger partial charge in [-0.3, -0.25) is 9.59 Å². The second-order valence-electron chi connectivity index (χ2n) is 4.40. The first kappa shape index (κ1) is 15.7. The SMILES string of the molecule is N#Cc1ccccc1NC(=O)CNC(=O)c1cccc(Br)c1. The molecule has 2 rings (SSSR count). The molecule has 2 N–H and O–H groups in total. The fourth-order valence-electron chi connectivity index (χ4n) is 1.78. The molecule has 2 amide bonds. The van der Waals surface area contributed by atoms with E-state index in [4.69, 9.17) is 5.26 Å². The zero-order chi connectivity index (χ0) is 15.9. The van der Waals surface area contributed by atoms with Gasteiger partial charge < -0.3 is 10.6 Å². The van der Waals surface area contributed by atoms with Gasteiger partial charge in [0.2, 0.25) is 5.91 Å². The number of nitrogens with one attached hydrogen (secondary N) is 2. The zero-order valence-corrected chi connectivity index (χ0v) is 13.1. The normalized spacial score (nSPS) is 9.64. The fraction of sp³-hybridized carbons (Fsp3) is 0.0625. The summed E-state index contributed by atoms with van der Waals surface area (Å²) in [4.78, 5) is 23.8. The number of halogens is 1. The molecule has 0 heterocycles. The van der Waals surface area contributed by atoms with E-state index in [0.717, 1.165) is 4.47 Å². The highest BCUT2D eigenvalue weighted by Gasteiger charge is 2.10. The number of hydrogen-bond acceptors (Lipinski definition) is 3. The number of benzene rings is 2. The van der Waals surface area contributed by atoms with Crippen LogP contribution < -0.4 is 10.6 Å². The van der Waals surface area contributed by atoms with E-state index in [1.54, 1.807) is 42.5 Å². The van der Waals surface area contributed by atoms with E-state index in [-0.39, 0.29) is 12.5 Å². The van der Waals surface area contributed by atoms with Crippen molar-refractivity contribution in [2.75, 3.05) is 11.9 Å². The van der Waals surface area contributed by atoms with Gasteiger partial charge in [-0.1, -0.05) is 34.1 Å². The smallest absolute Gasteiger partial charge is 0.251 e. The van der Waals surface area contributed by atoms with Crippen LogP contribution in [0.25, 0.3) is 0 Å². The molecule has 0 aliphatic carbocycles. The van der Waals surface area contributed by atoms with Crippen LogP contribution in [0.1, 0.15) is 15.9 Å². The predicted molar refractivity (Wildman–Crippen MR) is 86.3 cm³/mol. The molecule has 0 fully saturated rings. The van der Waals surface area contributed by atoms with E-state index in [1.165, 1.54) is 0 Å². The number of amides is 2. The van der Waals surface area contributed by atoms with Crippen LogP contribution in [0.5, 0.6) is 0 Å². The maximum Gasteiger partial charge on any atom is 0.251 e. The minimum atomic E-state index is -0.397. The second-order valence-corrected chi connectivity index (χ2v) is 5.31. The van der Waals surface area contributed by atoms with Crippen molar-refractivity contribution in [3.63, 3.8) is 0 Å². The highest BCUT2D eigenvalue weighted by atomic mass is 79.9. The molecule has 0 aromatic heterocycles. The van der Waals surface area contributed by atoms with Crippen molar-refractivity contribution in [1.29, 1.82) is 5.26 Å². The van der Waals surface area contributed by atoms with Gasteiger partial charge in [0.1, 0.15) is 6.07 Å². The first-order valence-corrected chi connectivity index (χ1v) is 7.22. The third kappa shape index (κ3) is 4.17. The monoisotopic (exact) mass is 357 g/mol. The lowest BCUT2D eigenvalue weighted by Gasteiger charge is -2.08. The third-order valence-corrected chi connectivity index (χ3v) is 3.31. The topological polar surface area (TPSA) is 82.0 Å². The summed E-state index contributed by atoms with van der Waals surface area (Å²) in [6.45, 7) is -0.175. The lowest BCUT2D eigenvalue weighted by atomic mass is 10.2. The van der Waals surface area contributed by atoms with Gasteiger partial charge in [0.25, 0.3) is 5.91 Å². The van der Waals surface area contributed by atoms with Crippen LogP contribution in [0, 0.1) is 11.3 Å². The maximum atomic E-state index is 11.9. The lowest BCUT2D eigenvalue weighted by Crippen LogP contribution is -2.33. The quantitative estimate of drug-likeness (QED) is 0.882. The Hall–Kier alpha value is -2.65. The van der Waals surface area contributed by atoms with Crippen molar-refractivity contribution in [3.8, 4) is 6.07 Å². The van der Waals surface area contributed by atoms with E-state index in [0.29, 0.717) is 16.8 Å². The van der Waals surface area contributed by atoms with Crippen molar-refractivity contribution < 1.29 is 9.59 Å². The Morgan fingerprint density at radius 2 is 1.91 bits per heavy atom. The Bertz CT molecular complexity index is 753. The lowest BCUT2D eigenvalue weighted by molar-refractivity contribution is -0.115. The number of rotatable bonds is 4. The summed E-state index contributed by atoms with van der Waals surface area (Å²) in [5.41, 5.74) is 1.25. The summed E-state index contributed by atoms with van der Waals surface area (Å²) in [7, 11) is 0. The molecule has 22 heavy (non-hydrogen) atoms. The summed E-state index contributed by atoms with van der Waals surface area (Å²) in [6, 6.07) is 15.5. The predicted octanol–water partition coefficient (Wildman–Crippen LogP) is 2.69. The van der Waals surface area contributed by atoms with Crippen LogP contribution in [0.15, 0.2) is 53.0 Å². The molecule has 0 bridgehead atoms. The average molecular weight is 358 g/mol. The van der Waals surface area contributed by atoms with Gasteiger partial charge in [-0.15, -0.1) is 0 Å². The Labute approximate surface area is 136 Å². The Kier molecular flexibility index (Phi) is 5.28. The van der Waals surface area contributed by atoms with Crippen LogP contribution in [-0.4, -0.2) is 18.4 Å². The van der Waals surface area contributed by atoms with Crippen LogP contribution in [0.2, 0.25) is 0 Å². The largest absolute Gasteiger partial charge is 0.343 e. The molecule has 0 spiro atoms. The number of hydrogen-bond donors (Lipinski definition) is 2. The van der Waals surface area contributed by atoms with E-state index >= 15 is 0 Å². The van der Waals surface area contributed by atoms with Gasteiger partial charge in [0.05, 0.1) is 17.8 Å². The molecule has 0 saturated carbocycles. The van der Waals surface area contributed by atoms with Crippen molar-refractivity contribution in [2.24, 2.45) is 0 Å². The molecule has 2 aromatic carbocycles. The number of carbonyl (C=O) groups is 2. The maximum absolute atomic E-state index is 11.9. The molecule has 5 nitrogen and oxygen atoms in total. The van der Waals surface area contributed by atoms with Crippen molar-refractivity contribution in [3.05, 3.63) is 64.1 Å². The molecule has 110 valence electrons. The molecule has 0 saturated heterocycles. The van der Waals surface area contributed by atoms with Crippen molar-refractivity contribution >= 4 is 33.4 Å². The summed E-state index contributed by atoms with van der Waals surface area (Å²) in [5.74, 6) is -0.740. The van der Waals surface area contributed by atoms with Crippen LogP contribution in [0.3, 0.4) is 0 Å². The van der Waals surface area contributed by atoms with Crippen LogP contribution in [0.4, 0.5) is 5.69 Å².